The van der Waals surface area contributed by atoms with Gasteiger partial charge in [-0.3, -0.25) is 19.2 Å². The van der Waals surface area contributed by atoms with Gasteiger partial charge in [-0.25, -0.2) is 4.79 Å². The van der Waals surface area contributed by atoms with Gasteiger partial charge in [0, 0.05) is 11.8 Å². The van der Waals surface area contributed by atoms with Crippen molar-refractivity contribution in [1.82, 2.24) is 15.0 Å². The first-order valence-electron chi connectivity index (χ1n) is 11.8. The van der Waals surface area contributed by atoms with Gasteiger partial charge in [-0.15, -0.1) is 0 Å². The Labute approximate surface area is 196 Å². The lowest BCUT2D eigenvalue weighted by molar-refractivity contribution is -0.163. The first kappa shape index (κ1) is 25.0. The molecule has 3 fully saturated rings. The number of ether oxygens (including phenoxy) is 1. The fourth-order valence-corrected chi connectivity index (χ4v) is 14.4. The Morgan fingerprint density at radius 1 is 1.12 bits per heavy atom. The van der Waals surface area contributed by atoms with Gasteiger partial charge in [-0.1, -0.05) is 41.5 Å². The van der Waals surface area contributed by atoms with Gasteiger partial charge in [0.1, 0.15) is 11.7 Å². The Bertz CT molecular complexity index is 1000. The number of rotatable bonds is 4. The maximum Gasteiger partial charge on any atom is 0.334 e. The van der Waals surface area contributed by atoms with Crippen LogP contribution in [-0.2, 0) is 22.5 Å². The largest absolute Gasteiger partial charge is 0.414 e. The minimum atomic E-state index is -2.77. The summed E-state index contributed by atoms with van der Waals surface area (Å²) in [6, 6.07) is 0. The van der Waals surface area contributed by atoms with Gasteiger partial charge in [0.25, 0.3) is 5.56 Å². The number of aryl methyl sites for hydroxylation is 1. The van der Waals surface area contributed by atoms with Crippen molar-refractivity contribution in [2.24, 2.45) is 0 Å². The fourth-order valence-electron chi connectivity index (χ4n) is 5.02. The highest BCUT2D eigenvalue weighted by Gasteiger charge is 2.66. The maximum atomic E-state index is 12.7. The summed E-state index contributed by atoms with van der Waals surface area (Å²) in [5.74, 6) is 0. The molecular weight excluding hydrogens is 462 g/mol. The first-order chi connectivity index (χ1) is 15.4. The zero-order valence-corrected chi connectivity index (χ0v) is 22.8. The molecule has 2 bridgehead atoms. The van der Waals surface area contributed by atoms with Gasteiger partial charge in [0.05, 0.1) is 13.2 Å². The Balaban J connectivity index is 1.82. The third-order valence-corrected chi connectivity index (χ3v) is 16.9. The van der Waals surface area contributed by atoms with Crippen LogP contribution in [0.15, 0.2) is 15.8 Å². The summed E-state index contributed by atoms with van der Waals surface area (Å²) in [6.45, 7) is 17.2. The molecule has 0 amide bonds. The smallest absolute Gasteiger partial charge is 0.334 e. The summed E-state index contributed by atoms with van der Waals surface area (Å²) in [5, 5.41) is 0. The van der Waals surface area contributed by atoms with E-state index in [-0.39, 0.29) is 23.2 Å². The molecule has 0 spiro atoms. The van der Waals surface area contributed by atoms with E-state index in [0.29, 0.717) is 12.1 Å². The predicted molar refractivity (Wildman–Crippen MR) is 126 cm³/mol. The number of nitrogens with one attached hydrogen (secondary N) is 2. The molecule has 1 aromatic rings. The van der Waals surface area contributed by atoms with E-state index in [2.05, 4.69) is 58.6 Å². The lowest BCUT2D eigenvalue weighted by atomic mass is 9.95. The topological polar surface area (TPSA) is 113 Å². The third kappa shape index (κ3) is 3.94. The predicted octanol–water partition coefficient (Wildman–Crippen LogP) is 2.19. The molecule has 4 heterocycles. The number of hydrogen-bond acceptors (Lipinski definition) is 8. The molecule has 3 saturated heterocycles. The maximum absolute atomic E-state index is 12.7. The van der Waals surface area contributed by atoms with Crippen molar-refractivity contribution >= 4 is 17.1 Å². The standard InChI is InChI=1S/C21H37N3O7Si2/c1-12(2)32(8)30-17-16-19(24-9-15(7)18(25)23-20(24)26)28-21(17,10-22-29-16)11-27-33(31-32,13(3)4)14(5)6/h9,12-14,16-17,19,22H,10-11H2,1-8H3,(H,23,25,26). The second kappa shape index (κ2) is 8.52. The lowest BCUT2D eigenvalue weighted by Gasteiger charge is -2.52. The average Bonchev–Trinajstić information content (AvgIpc) is 2.87. The van der Waals surface area contributed by atoms with Crippen LogP contribution in [0.25, 0.3) is 0 Å². The Morgan fingerprint density at radius 3 is 2.39 bits per heavy atom. The average molecular weight is 500 g/mol. The second-order valence-electron chi connectivity index (χ2n) is 10.6. The molecule has 33 heavy (non-hydrogen) atoms. The fraction of sp³-hybridized carbons (Fsp3) is 0.810. The van der Waals surface area contributed by atoms with Gasteiger partial charge in [0.2, 0.25) is 0 Å². The van der Waals surface area contributed by atoms with Crippen molar-refractivity contribution in [2.45, 2.75) is 95.7 Å². The summed E-state index contributed by atoms with van der Waals surface area (Å²) in [5.41, 5.74) is 2.16. The summed E-state index contributed by atoms with van der Waals surface area (Å²) in [4.78, 5) is 32.9. The molecule has 12 heteroatoms. The van der Waals surface area contributed by atoms with Gasteiger partial charge in [-0.2, -0.15) is 5.48 Å². The number of H-pyrrole nitrogens is 1. The number of aromatic amines is 1. The van der Waals surface area contributed by atoms with Crippen LogP contribution in [0.2, 0.25) is 23.2 Å². The van der Waals surface area contributed by atoms with Crippen molar-refractivity contribution in [3.05, 3.63) is 32.6 Å². The van der Waals surface area contributed by atoms with Crippen LogP contribution >= 0.6 is 0 Å². The molecule has 1 aromatic heterocycles. The molecule has 0 aliphatic carbocycles. The van der Waals surface area contributed by atoms with E-state index in [1.165, 1.54) is 10.8 Å². The van der Waals surface area contributed by atoms with Crippen molar-refractivity contribution in [3.8, 4) is 0 Å². The van der Waals surface area contributed by atoms with E-state index in [9.17, 15) is 9.59 Å². The zero-order valence-electron chi connectivity index (χ0n) is 20.8. The SMILES string of the molecule is Cc1cn(C2OC34CNOC2C3O[Si](C)(C(C)C)O[Si](C(C)C)(C(C)C)OC4)c(=O)[nH]c1=O. The number of nitrogens with zero attached hydrogens (tertiary/aromatic N) is 1. The van der Waals surface area contributed by atoms with Crippen LogP contribution in [0.4, 0.5) is 0 Å². The minimum absolute atomic E-state index is 0.159. The van der Waals surface area contributed by atoms with Gasteiger partial charge in [-0.05, 0) is 30.1 Å². The summed E-state index contributed by atoms with van der Waals surface area (Å²) in [7, 11) is -5.47. The number of hydrogen-bond donors (Lipinski definition) is 2. The van der Waals surface area contributed by atoms with Gasteiger partial charge < -0.3 is 17.7 Å². The van der Waals surface area contributed by atoms with E-state index in [1.54, 1.807) is 6.92 Å². The van der Waals surface area contributed by atoms with Crippen molar-refractivity contribution in [1.29, 1.82) is 0 Å². The normalized spacial score (nSPS) is 36.2. The molecule has 2 N–H and O–H groups in total. The van der Waals surface area contributed by atoms with Crippen LogP contribution < -0.4 is 16.7 Å². The molecule has 5 unspecified atom stereocenters. The Morgan fingerprint density at radius 2 is 1.79 bits per heavy atom. The molecule has 3 aliphatic heterocycles. The van der Waals surface area contributed by atoms with E-state index >= 15 is 0 Å². The first-order valence-corrected chi connectivity index (χ1v) is 16.1. The highest BCUT2D eigenvalue weighted by molar-refractivity contribution is 6.82. The molecule has 4 rings (SSSR count). The zero-order chi connectivity index (χ0) is 24.3. The second-order valence-corrected chi connectivity index (χ2v) is 18.9. The van der Waals surface area contributed by atoms with Crippen LogP contribution in [0, 0.1) is 6.92 Å². The van der Waals surface area contributed by atoms with Crippen molar-refractivity contribution in [3.63, 3.8) is 0 Å². The molecule has 5 atom stereocenters. The highest BCUT2D eigenvalue weighted by Crippen LogP contribution is 2.49. The van der Waals surface area contributed by atoms with Crippen molar-refractivity contribution in [2.75, 3.05) is 13.2 Å². The molecule has 186 valence electrons. The van der Waals surface area contributed by atoms with E-state index in [4.69, 9.17) is 22.5 Å². The minimum Gasteiger partial charge on any atom is -0.414 e. The van der Waals surface area contributed by atoms with Crippen LogP contribution in [0.3, 0.4) is 0 Å². The molecule has 0 aromatic carbocycles. The molecule has 10 nitrogen and oxygen atoms in total. The van der Waals surface area contributed by atoms with E-state index in [0.717, 1.165) is 0 Å². The molecule has 3 aliphatic rings. The highest BCUT2D eigenvalue weighted by atomic mass is 28.5. The molecule has 0 radical (unpaired) electrons. The monoisotopic (exact) mass is 499 g/mol. The van der Waals surface area contributed by atoms with Crippen LogP contribution in [-0.4, -0.2) is 57.6 Å². The summed E-state index contributed by atoms with van der Waals surface area (Å²) < 4.78 is 28.7. The number of hydroxylamine groups is 1. The lowest BCUT2D eigenvalue weighted by Crippen LogP contribution is -2.70. The molecular formula is C21H37N3O7Si2. The Kier molecular flexibility index (Phi) is 6.45. The van der Waals surface area contributed by atoms with Crippen LogP contribution in [0.5, 0.6) is 0 Å². The van der Waals surface area contributed by atoms with E-state index in [1.807, 2.05) is 0 Å². The quantitative estimate of drug-likeness (QED) is 0.606. The summed E-state index contributed by atoms with van der Waals surface area (Å²) >= 11 is 0. The van der Waals surface area contributed by atoms with Gasteiger partial charge in [0.15, 0.2) is 12.3 Å². The third-order valence-electron chi connectivity index (χ3n) is 7.39. The Hall–Kier alpha value is -1.13. The van der Waals surface area contributed by atoms with E-state index < -0.39 is 52.4 Å². The molecule has 0 saturated carbocycles. The van der Waals surface area contributed by atoms with Crippen molar-refractivity contribution < 1.29 is 22.5 Å². The van der Waals surface area contributed by atoms with Crippen LogP contribution in [0.1, 0.15) is 53.3 Å². The van der Waals surface area contributed by atoms with Gasteiger partial charge >= 0.3 is 22.8 Å². The number of aromatic nitrogens is 2. The summed E-state index contributed by atoms with van der Waals surface area (Å²) in [6.07, 6.45) is -0.382.